The summed E-state index contributed by atoms with van der Waals surface area (Å²) in [6.45, 7) is 0.734. The summed E-state index contributed by atoms with van der Waals surface area (Å²) in [6.07, 6.45) is 9.03. The summed E-state index contributed by atoms with van der Waals surface area (Å²) in [4.78, 5) is 2.55. The minimum atomic E-state index is -3.47. The molecule has 1 heterocycles. The quantitative estimate of drug-likeness (QED) is 0.806. The fraction of sp³-hybridized carbons (Fsp3) is 0.750. The Morgan fingerprint density at radius 3 is 2.27 bits per heavy atom. The van der Waals surface area contributed by atoms with Crippen molar-refractivity contribution in [3.63, 3.8) is 0 Å². The molecule has 0 unspecified atom stereocenters. The SMILES string of the molecule is CN(C)S(=O)(=O)c1ccc(CN(C2CCCCC2)C2CC2)o1. The van der Waals surface area contributed by atoms with Gasteiger partial charge in [-0.2, -0.15) is 0 Å². The topological polar surface area (TPSA) is 53.8 Å². The lowest BCUT2D eigenvalue weighted by Crippen LogP contribution is -2.37. The van der Waals surface area contributed by atoms with Gasteiger partial charge in [-0.3, -0.25) is 4.90 Å². The normalized spacial score (nSPS) is 20.9. The Kier molecular flexibility index (Phi) is 4.61. The van der Waals surface area contributed by atoms with Crippen LogP contribution in [-0.4, -0.2) is 43.8 Å². The third kappa shape index (κ3) is 3.39. The van der Waals surface area contributed by atoms with Gasteiger partial charge in [-0.25, -0.2) is 12.7 Å². The predicted molar refractivity (Wildman–Crippen MR) is 85.0 cm³/mol. The van der Waals surface area contributed by atoms with Crippen LogP contribution in [0.5, 0.6) is 0 Å². The molecular weight excluding hydrogens is 300 g/mol. The number of hydrogen-bond acceptors (Lipinski definition) is 4. The van der Waals surface area contributed by atoms with Crippen molar-refractivity contribution in [1.29, 1.82) is 0 Å². The smallest absolute Gasteiger partial charge is 0.275 e. The van der Waals surface area contributed by atoms with Crippen molar-refractivity contribution >= 4 is 10.0 Å². The maximum absolute atomic E-state index is 12.1. The molecule has 0 radical (unpaired) electrons. The lowest BCUT2D eigenvalue weighted by molar-refractivity contribution is 0.127. The minimum absolute atomic E-state index is 0.0480. The molecule has 0 N–H and O–H groups in total. The summed E-state index contributed by atoms with van der Waals surface area (Å²) < 4.78 is 31.0. The number of rotatable bonds is 6. The summed E-state index contributed by atoms with van der Waals surface area (Å²) in [7, 11) is -0.425. The largest absolute Gasteiger partial charge is 0.447 e. The Morgan fingerprint density at radius 2 is 1.68 bits per heavy atom. The zero-order valence-corrected chi connectivity index (χ0v) is 14.3. The van der Waals surface area contributed by atoms with Crippen LogP contribution in [-0.2, 0) is 16.6 Å². The molecule has 0 saturated heterocycles. The molecule has 2 saturated carbocycles. The highest BCUT2D eigenvalue weighted by atomic mass is 32.2. The maximum Gasteiger partial charge on any atom is 0.275 e. The van der Waals surface area contributed by atoms with E-state index in [-0.39, 0.29) is 5.09 Å². The average Bonchev–Trinajstić information content (AvgIpc) is 3.23. The molecule has 0 spiro atoms. The lowest BCUT2D eigenvalue weighted by atomic mass is 9.94. The standard InChI is InChI=1S/C16H26N2O3S/c1-17(2)22(19,20)16-11-10-15(21-16)12-18(14-8-9-14)13-6-4-3-5-7-13/h10-11,13-14H,3-9,12H2,1-2H3. The van der Waals surface area contributed by atoms with Crippen LogP contribution in [0.25, 0.3) is 0 Å². The molecule has 0 aromatic carbocycles. The fourth-order valence-corrected chi connectivity index (χ4v) is 4.13. The molecule has 2 aliphatic rings. The summed E-state index contributed by atoms with van der Waals surface area (Å²) >= 11 is 0. The van der Waals surface area contributed by atoms with E-state index in [2.05, 4.69) is 4.90 Å². The average molecular weight is 326 g/mol. The lowest BCUT2D eigenvalue weighted by Gasteiger charge is -2.33. The summed E-state index contributed by atoms with van der Waals surface area (Å²) in [5, 5.41) is 0.0480. The van der Waals surface area contributed by atoms with Gasteiger partial charge in [0.05, 0.1) is 6.54 Å². The van der Waals surface area contributed by atoms with Gasteiger partial charge in [-0.05, 0) is 37.8 Å². The second kappa shape index (κ2) is 6.34. The van der Waals surface area contributed by atoms with E-state index in [0.717, 1.165) is 12.3 Å². The van der Waals surface area contributed by atoms with Crippen LogP contribution in [0.3, 0.4) is 0 Å². The van der Waals surface area contributed by atoms with Gasteiger partial charge in [0.15, 0.2) is 0 Å². The highest BCUT2D eigenvalue weighted by Gasteiger charge is 2.35. The first-order valence-electron chi connectivity index (χ1n) is 8.25. The van der Waals surface area contributed by atoms with Gasteiger partial charge in [0.25, 0.3) is 10.0 Å². The molecule has 0 aliphatic heterocycles. The van der Waals surface area contributed by atoms with Crippen molar-refractivity contribution in [1.82, 2.24) is 9.21 Å². The second-order valence-corrected chi connectivity index (χ2v) is 8.79. The zero-order valence-electron chi connectivity index (χ0n) is 13.5. The Hall–Kier alpha value is -0.850. The molecule has 5 nitrogen and oxygen atoms in total. The molecule has 0 bridgehead atoms. The first-order chi connectivity index (χ1) is 10.5. The third-order valence-corrected chi connectivity index (χ3v) is 6.46. The van der Waals surface area contributed by atoms with Crippen molar-refractivity contribution in [2.75, 3.05) is 14.1 Å². The van der Waals surface area contributed by atoms with Gasteiger partial charge in [0, 0.05) is 26.2 Å². The van der Waals surface area contributed by atoms with Crippen LogP contribution in [0, 0.1) is 0 Å². The Balaban J connectivity index is 1.72. The predicted octanol–water partition coefficient (Wildman–Crippen LogP) is 2.83. The van der Waals surface area contributed by atoms with Gasteiger partial charge in [0.1, 0.15) is 5.76 Å². The Labute approximate surface area is 133 Å². The number of sulfonamides is 1. The zero-order chi connectivity index (χ0) is 15.7. The molecule has 3 rings (SSSR count). The molecule has 22 heavy (non-hydrogen) atoms. The van der Waals surface area contributed by atoms with Crippen molar-refractivity contribution in [3.05, 3.63) is 17.9 Å². The molecule has 2 fully saturated rings. The minimum Gasteiger partial charge on any atom is -0.447 e. The van der Waals surface area contributed by atoms with Crippen LogP contribution in [0.4, 0.5) is 0 Å². The van der Waals surface area contributed by atoms with E-state index in [1.54, 1.807) is 6.07 Å². The molecule has 1 aromatic heterocycles. The maximum atomic E-state index is 12.1. The van der Waals surface area contributed by atoms with E-state index >= 15 is 0 Å². The van der Waals surface area contributed by atoms with E-state index < -0.39 is 10.0 Å². The molecule has 2 aliphatic carbocycles. The third-order valence-electron chi connectivity index (χ3n) is 4.77. The molecular formula is C16H26N2O3S. The van der Waals surface area contributed by atoms with E-state index in [0.29, 0.717) is 12.1 Å². The summed E-state index contributed by atoms with van der Waals surface area (Å²) in [5.41, 5.74) is 0. The van der Waals surface area contributed by atoms with Crippen molar-refractivity contribution in [2.24, 2.45) is 0 Å². The highest BCUT2D eigenvalue weighted by molar-refractivity contribution is 7.88. The summed E-state index contributed by atoms with van der Waals surface area (Å²) in [6, 6.07) is 4.70. The molecule has 124 valence electrons. The molecule has 1 aromatic rings. The highest BCUT2D eigenvalue weighted by Crippen LogP contribution is 2.35. The van der Waals surface area contributed by atoms with Crippen molar-refractivity contribution < 1.29 is 12.8 Å². The number of nitrogens with zero attached hydrogens (tertiary/aromatic N) is 2. The van der Waals surface area contributed by atoms with Crippen LogP contribution in [0.1, 0.15) is 50.7 Å². The monoisotopic (exact) mass is 326 g/mol. The van der Waals surface area contributed by atoms with Crippen LogP contribution >= 0.6 is 0 Å². The van der Waals surface area contributed by atoms with E-state index in [1.807, 2.05) is 6.07 Å². The van der Waals surface area contributed by atoms with Crippen LogP contribution in [0.2, 0.25) is 0 Å². The molecule has 0 amide bonds. The second-order valence-electron chi connectivity index (χ2n) is 6.70. The van der Waals surface area contributed by atoms with E-state index in [1.165, 1.54) is 63.3 Å². The van der Waals surface area contributed by atoms with Gasteiger partial charge in [-0.1, -0.05) is 19.3 Å². The molecule has 0 atom stereocenters. The van der Waals surface area contributed by atoms with Crippen molar-refractivity contribution in [2.45, 2.75) is 68.7 Å². The van der Waals surface area contributed by atoms with E-state index in [9.17, 15) is 8.42 Å². The number of hydrogen-bond donors (Lipinski definition) is 0. The first-order valence-corrected chi connectivity index (χ1v) is 9.69. The Bertz CT molecular complexity index is 599. The molecule has 6 heteroatoms. The van der Waals surface area contributed by atoms with Gasteiger partial charge >= 0.3 is 0 Å². The van der Waals surface area contributed by atoms with Crippen LogP contribution < -0.4 is 0 Å². The van der Waals surface area contributed by atoms with Crippen LogP contribution in [0.15, 0.2) is 21.6 Å². The first kappa shape index (κ1) is 16.0. The van der Waals surface area contributed by atoms with E-state index in [4.69, 9.17) is 4.42 Å². The van der Waals surface area contributed by atoms with Gasteiger partial charge < -0.3 is 4.42 Å². The Morgan fingerprint density at radius 1 is 1.05 bits per heavy atom. The van der Waals surface area contributed by atoms with Gasteiger partial charge in [-0.15, -0.1) is 0 Å². The summed E-state index contributed by atoms with van der Waals surface area (Å²) in [5.74, 6) is 0.762. The fourth-order valence-electron chi connectivity index (χ4n) is 3.32. The van der Waals surface area contributed by atoms with Gasteiger partial charge in [0.2, 0.25) is 5.09 Å². The number of furan rings is 1. The van der Waals surface area contributed by atoms with Crippen molar-refractivity contribution in [3.8, 4) is 0 Å².